The van der Waals surface area contributed by atoms with Gasteiger partial charge in [-0.1, -0.05) is 0 Å². The molecule has 0 saturated carbocycles. The molecule has 0 spiro atoms. The van der Waals surface area contributed by atoms with Crippen molar-refractivity contribution in [2.24, 2.45) is 4.99 Å². The Morgan fingerprint density at radius 2 is 1.95 bits per heavy atom. The standard InChI is InChI=1S/C14H29N3O3.HI/c1-4-20-13-5-8-17(9-6-13)14(15-2)16-7-10-19-12-11-18-3;/h13H,4-12H2,1-3H3,(H,15,16);1H. The molecule has 21 heavy (non-hydrogen) atoms. The summed E-state index contributed by atoms with van der Waals surface area (Å²) >= 11 is 0. The predicted molar refractivity (Wildman–Crippen MR) is 95.7 cm³/mol. The largest absolute Gasteiger partial charge is 0.382 e. The lowest BCUT2D eigenvalue weighted by molar-refractivity contribution is 0.0262. The minimum atomic E-state index is 0. The zero-order valence-corrected chi connectivity index (χ0v) is 15.8. The predicted octanol–water partition coefficient (Wildman–Crippen LogP) is 1.34. The zero-order valence-electron chi connectivity index (χ0n) is 13.5. The van der Waals surface area contributed by atoms with Crippen LogP contribution in [0.1, 0.15) is 19.8 Å². The van der Waals surface area contributed by atoms with E-state index in [0.29, 0.717) is 25.9 Å². The fourth-order valence-corrected chi connectivity index (χ4v) is 2.28. The first-order chi connectivity index (χ1) is 9.81. The Bertz CT molecular complexity index is 272. The molecule has 0 radical (unpaired) electrons. The smallest absolute Gasteiger partial charge is 0.193 e. The molecule has 7 heteroatoms. The van der Waals surface area contributed by atoms with Crippen LogP contribution in [0.5, 0.6) is 0 Å². The average Bonchev–Trinajstić information content (AvgIpc) is 2.48. The van der Waals surface area contributed by atoms with Crippen molar-refractivity contribution in [1.29, 1.82) is 0 Å². The lowest BCUT2D eigenvalue weighted by atomic mass is 10.1. The first-order valence-electron chi connectivity index (χ1n) is 7.45. The van der Waals surface area contributed by atoms with Gasteiger partial charge in [-0.3, -0.25) is 4.99 Å². The molecule has 0 aromatic carbocycles. The normalized spacial score (nSPS) is 16.7. The van der Waals surface area contributed by atoms with E-state index < -0.39 is 0 Å². The second-order valence-electron chi connectivity index (χ2n) is 4.72. The van der Waals surface area contributed by atoms with E-state index in [9.17, 15) is 0 Å². The van der Waals surface area contributed by atoms with Crippen molar-refractivity contribution in [3.63, 3.8) is 0 Å². The summed E-state index contributed by atoms with van der Waals surface area (Å²) in [5.41, 5.74) is 0. The van der Waals surface area contributed by atoms with Gasteiger partial charge in [-0.15, -0.1) is 24.0 Å². The first kappa shape index (κ1) is 20.9. The first-order valence-corrected chi connectivity index (χ1v) is 7.45. The lowest BCUT2D eigenvalue weighted by Crippen LogP contribution is -2.47. The van der Waals surface area contributed by atoms with Crippen LogP contribution >= 0.6 is 24.0 Å². The highest BCUT2D eigenvalue weighted by Gasteiger charge is 2.21. The quantitative estimate of drug-likeness (QED) is 0.281. The lowest BCUT2D eigenvalue weighted by Gasteiger charge is -2.34. The number of hydrogen-bond acceptors (Lipinski definition) is 4. The molecule has 1 rings (SSSR count). The second kappa shape index (κ2) is 13.5. The van der Waals surface area contributed by atoms with Crippen molar-refractivity contribution in [3.8, 4) is 0 Å². The van der Waals surface area contributed by atoms with E-state index in [4.69, 9.17) is 14.2 Å². The van der Waals surface area contributed by atoms with E-state index in [1.807, 2.05) is 7.05 Å². The van der Waals surface area contributed by atoms with Crippen LogP contribution in [0.15, 0.2) is 4.99 Å². The van der Waals surface area contributed by atoms with Crippen LogP contribution in [-0.4, -0.2) is 77.2 Å². The molecule has 1 saturated heterocycles. The SMILES string of the molecule is CCOC1CCN(C(=NC)NCCOCCOC)CC1.I. The molecule has 0 bridgehead atoms. The molecule has 0 atom stereocenters. The highest BCUT2D eigenvalue weighted by Crippen LogP contribution is 2.13. The summed E-state index contributed by atoms with van der Waals surface area (Å²) in [4.78, 5) is 6.61. The molecular formula is C14H30IN3O3. The highest BCUT2D eigenvalue weighted by molar-refractivity contribution is 14.0. The molecule has 6 nitrogen and oxygen atoms in total. The van der Waals surface area contributed by atoms with Crippen molar-refractivity contribution in [2.45, 2.75) is 25.9 Å². The third-order valence-corrected chi connectivity index (χ3v) is 3.32. The van der Waals surface area contributed by atoms with E-state index in [1.54, 1.807) is 7.11 Å². The summed E-state index contributed by atoms with van der Waals surface area (Å²) in [6, 6.07) is 0. The molecular weight excluding hydrogens is 385 g/mol. The van der Waals surface area contributed by atoms with Gasteiger partial charge in [0.05, 0.1) is 25.9 Å². The molecule has 126 valence electrons. The minimum Gasteiger partial charge on any atom is -0.382 e. The Morgan fingerprint density at radius 3 is 2.52 bits per heavy atom. The molecule has 1 heterocycles. The topological polar surface area (TPSA) is 55.3 Å². The summed E-state index contributed by atoms with van der Waals surface area (Å²) in [6.07, 6.45) is 2.55. The number of methoxy groups -OCH3 is 1. The van der Waals surface area contributed by atoms with Crippen LogP contribution in [0.3, 0.4) is 0 Å². The van der Waals surface area contributed by atoms with Gasteiger partial charge in [0.2, 0.25) is 0 Å². The zero-order chi connectivity index (χ0) is 14.6. The molecule has 0 amide bonds. The Balaban J connectivity index is 0.00000400. The van der Waals surface area contributed by atoms with Gasteiger partial charge in [0.25, 0.3) is 0 Å². The van der Waals surface area contributed by atoms with E-state index in [-0.39, 0.29) is 24.0 Å². The number of guanidine groups is 1. The Morgan fingerprint density at radius 1 is 1.24 bits per heavy atom. The molecule has 1 aliphatic rings. The number of ether oxygens (including phenoxy) is 3. The van der Waals surface area contributed by atoms with Crippen LogP contribution in [0, 0.1) is 0 Å². The van der Waals surface area contributed by atoms with Gasteiger partial charge in [-0.25, -0.2) is 0 Å². The van der Waals surface area contributed by atoms with E-state index in [2.05, 4.69) is 22.1 Å². The Kier molecular flexibility index (Phi) is 13.5. The summed E-state index contributed by atoms with van der Waals surface area (Å²) in [7, 11) is 3.50. The van der Waals surface area contributed by atoms with Crippen molar-refractivity contribution in [3.05, 3.63) is 0 Å². The van der Waals surface area contributed by atoms with Crippen molar-refractivity contribution in [2.75, 3.05) is 60.2 Å². The van der Waals surface area contributed by atoms with Crippen LogP contribution in [-0.2, 0) is 14.2 Å². The van der Waals surface area contributed by atoms with Gasteiger partial charge in [-0.2, -0.15) is 0 Å². The highest BCUT2D eigenvalue weighted by atomic mass is 127. The molecule has 0 aromatic rings. The summed E-state index contributed by atoms with van der Waals surface area (Å²) < 4.78 is 16.0. The average molecular weight is 415 g/mol. The molecule has 1 aliphatic heterocycles. The molecule has 0 aromatic heterocycles. The summed E-state index contributed by atoms with van der Waals surface area (Å²) in [5, 5.41) is 3.33. The number of nitrogens with zero attached hydrogens (tertiary/aromatic N) is 2. The number of likely N-dealkylation sites (tertiary alicyclic amines) is 1. The fraction of sp³-hybridized carbons (Fsp3) is 0.929. The van der Waals surface area contributed by atoms with Crippen LogP contribution < -0.4 is 5.32 Å². The van der Waals surface area contributed by atoms with Gasteiger partial charge in [0, 0.05) is 40.4 Å². The van der Waals surface area contributed by atoms with Crippen LogP contribution in [0.25, 0.3) is 0 Å². The van der Waals surface area contributed by atoms with Gasteiger partial charge in [-0.05, 0) is 19.8 Å². The number of nitrogens with one attached hydrogen (secondary N) is 1. The second-order valence-corrected chi connectivity index (χ2v) is 4.72. The van der Waals surface area contributed by atoms with Gasteiger partial charge in [0.15, 0.2) is 5.96 Å². The molecule has 0 unspecified atom stereocenters. The van der Waals surface area contributed by atoms with Gasteiger partial charge < -0.3 is 24.4 Å². The minimum absolute atomic E-state index is 0. The number of hydrogen-bond donors (Lipinski definition) is 1. The van der Waals surface area contributed by atoms with Crippen LogP contribution in [0.2, 0.25) is 0 Å². The molecule has 0 aliphatic carbocycles. The van der Waals surface area contributed by atoms with Crippen molar-refractivity contribution >= 4 is 29.9 Å². The maximum Gasteiger partial charge on any atom is 0.193 e. The monoisotopic (exact) mass is 415 g/mol. The Hall–Kier alpha value is -0.120. The number of halogens is 1. The van der Waals surface area contributed by atoms with E-state index in [1.165, 1.54) is 0 Å². The number of piperidine rings is 1. The number of aliphatic imine (C=N–C) groups is 1. The third kappa shape index (κ3) is 8.80. The summed E-state index contributed by atoms with van der Waals surface area (Å²) in [5.74, 6) is 0.954. The maximum atomic E-state index is 5.66. The van der Waals surface area contributed by atoms with E-state index in [0.717, 1.165) is 45.0 Å². The van der Waals surface area contributed by atoms with Crippen molar-refractivity contribution < 1.29 is 14.2 Å². The van der Waals surface area contributed by atoms with Crippen LogP contribution in [0.4, 0.5) is 0 Å². The van der Waals surface area contributed by atoms with Gasteiger partial charge in [0.1, 0.15) is 0 Å². The van der Waals surface area contributed by atoms with E-state index >= 15 is 0 Å². The maximum absolute atomic E-state index is 5.66. The van der Waals surface area contributed by atoms with Gasteiger partial charge >= 0.3 is 0 Å². The van der Waals surface area contributed by atoms with Crippen molar-refractivity contribution in [1.82, 2.24) is 10.2 Å². The Labute approximate surface area is 145 Å². The third-order valence-electron chi connectivity index (χ3n) is 3.32. The molecule has 1 N–H and O–H groups in total. The molecule has 1 fully saturated rings. The fourth-order valence-electron chi connectivity index (χ4n) is 2.28. The summed E-state index contributed by atoms with van der Waals surface area (Å²) in [6.45, 7) is 7.55. The number of rotatable bonds is 8.